The molecule has 2 heterocycles. The van der Waals surface area contributed by atoms with Crippen molar-refractivity contribution in [2.45, 2.75) is 6.42 Å². The molecule has 0 unspecified atom stereocenters. The summed E-state index contributed by atoms with van der Waals surface area (Å²) in [6, 6.07) is 1.94. The van der Waals surface area contributed by atoms with E-state index in [1.54, 1.807) is 16.9 Å². The van der Waals surface area contributed by atoms with Crippen LogP contribution in [0.1, 0.15) is 5.69 Å². The molecule has 0 fully saturated rings. The Hall–Kier alpha value is -1.42. The highest BCUT2D eigenvalue weighted by Gasteiger charge is 2.00. The molecule has 0 aliphatic rings. The molecular weight excluding hydrogens is 152 g/mol. The van der Waals surface area contributed by atoms with Crippen LogP contribution in [0.25, 0.3) is 5.52 Å². The molecule has 4 heteroatoms. The molecule has 0 saturated heterocycles. The van der Waals surface area contributed by atoms with Crippen molar-refractivity contribution in [1.82, 2.24) is 14.6 Å². The van der Waals surface area contributed by atoms with Crippen molar-refractivity contribution in [3.8, 4) is 0 Å². The molecule has 2 rings (SSSR count). The third-order valence-corrected chi connectivity index (χ3v) is 1.79. The van der Waals surface area contributed by atoms with E-state index in [0.29, 0.717) is 6.54 Å². The second-order valence-electron chi connectivity index (χ2n) is 2.57. The van der Waals surface area contributed by atoms with Gasteiger partial charge in [-0.15, -0.1) is 0 Å². The summed E-state index contributed by atoms with van der Waals surface area (Å²) >= 11 is 0. The summed E-state index contributed by atoms with van der Waals surface area (Å²) < 4.78 is 1.80. The molecule has 0 atom stereocenters. The maximum atomic E-state index is 5.45. The topological polar surface area (TPSA) is 56.2 Å². The molecule has 0 amide bonds. The molecule has 2 aromatic heterocycles. The molecule has 0 radical (unpaired) electrons. The maximum Gasteiger partial charge on any atom is 0.0877 e. The van der Waals surface area contributed by atoms with Crippen LogP contribution in [-0.4, -0.2) is 21.1 Å². The van der Waals surface area contributed by atoms with Gasteiger partial charge < -0.3 is 5.73 Å². The van der Waals surface area contributed by atoms with E-state index in [-0.39, 0.29) is 0 Å². The smallest absolute Gasteiger partial charge is 0.0877 e. The Morgan fingerprint density at radius 1 is 1.42 bits per heavy atom. The van der Waals surface area contributed by atoms with Crippen LogP contribution >= 0.6 is 0 Å². The third-order valence-electron chi connectivity index (χ3n) is 1.79. The highest BCUT2D eigenvalue weighted by atomic mass is 15.2. The third kappa shape index (κ3) is 1.06. The first-order chi connectivity index (χ1) is 5.92. The SMILES string of the molecule is NCCc1nccn2nccc12. The van der Waals surface area contributed by atoms with Gasteiger partial charge in [0.25, 0.3) is 0 Å². The van der Waals surface area contributed by atoms with Crippen LogP contribution in [0.3, 0.4) is 0 Å². The Morgan fingerprint density at radius 3 is 3.17 bits per heavy atom. The largest absolute Gasteiger partial charge is 0.330 e. The van der Waals surface area contributed by atoms with Gasteiger partial charge in [0, 0.05) is 18.8 Å². The van der Waals surface area contributed by atoms with Gasteiger partial charge in [-0.3, -0.25) is 4.98 Å². The molecular formula is C8H10N4. The van der Waals surface area contributed by atoms with Gasteiger partial charge >= 0.3 is 0 Å². The highest BCUT2D eigenvalue weighted by Crippen LogP contribution is 2.06. The molecule has 0 aliphatic heterocycles. The Morgan fingerprint density at radius 2 is 2.33 bits per heavy atom. The average Bonchev–Trinajstić information content (AvgIpc) is 2.53. The minimum Gasteiger partial charge on any atom is -0.330 e. The first-order valence-corrected chi connectivity index (χ1v) is 3.89. The molecule has 0 spiro atoms. The van der Waals surface area contributed by atoms with Crippen molar-refractivity contribution in [1.29, 1.82) is 0 Å². The molecule has 0 saturated carbocycles. The lowest BCUT2D eigenvalue weighted by atomic mass is 10.3. The van der Waals surface area contributed by atoms with Gasteiger partial charge in [0.2, 0.25) is 0 Å². The number of nitrogens with zero attached hydrogens (tertiary/aromatic N) is 3. The standard InChI is InChI=1S/C8H10N4/c9-3-1-7-8-2-4-11-12(8)6-5-10-7/h2,4-6H,1,3,9H2. The van der Waals surface area contributed by atoms with Crippen molar-refractivity contribution >= 4 is 5.52 Å². The Labute approximate surface area is 70.0 Å². The zero-order valence-electron chi connectivity index (χ0n) is 6.64. The summed E-state index contributed by atoms with van der Waals surface area (Å²) in [6.45, 7) is 0.623. The molecule has 2 N–H and O–H groups in total. The van der Waals surface area contributed by atoms with E-state index in [9.17, 15) is 0 Å². The number of fused-ring (bicyclic) bond motifs is 1. The van der Waals surface area contributed by atoms with E-state index in [1.165, 1.54) is 0 Å². The van der Waals surface area contributed by atoms with Gasteiger partial charge in [-0.2, -0.15) is 5.10 Å². The van der Waals surface area contributed by atoms with E-state index >= 15 is 0 Å². The summed E-state index contributed by atoms with van der Waals surface area (Å²) in [4.78, 5) is 4.23. The zero-order valence-corrected chi connectivity index (χ0v) is 6.64. The molecule has 0 aliphatic carbocycles. The highest BCUT2D eigenvalue weighted by molar-refractivity contribution is 5.49. The first-order valence-electron chi connectivity index (χ1n) is 3.89. The van der Waals surface area contributed by atoms with E-state index in [4.69, 9.17) is 5.73 Å². The fourth-order valence-corrected chi connectivity index (χ4v) is 1.24. The van der Waals surface area contributed by atoms with E-state index in [1.807, 2.05) is 12.3 Å². The fraction of sp³-hybridized carbons (Fsp3) is 0.250. The fourth-order valence-electron chi connectivity index (χ4n) is 1.24. The second kappa shape index (κ2) is 2.91. The van der Waals surface area contributed by atoms with Crippen LogP contribution in [-0.2, 0) is 6.42 Å². The number of rotatable bonds is 2. The Bertz CT molecular complexity index is 379. The summed E-state index contributed by atoms with van der Waals surface area (Å²) in [6.07, 6.45) is 6.13. The minimum absolute atomic E-state index is 0.623. The summed E-state index contributed by atoms with van der Waals surface area (Å²) in [5.74, 6) is 0. The first kappa shape index (κ1) is 7.24. The summed E-state index contributed by atoms with van der Waals surface area (Å²) in [5, 5.41) is 4.10. The molecule has 2 aromatic rings. The van der Waals surface area contributed by atoms with Crippen LogP contribution in [0.5, 0.6) is 0 Å². The van der Waals surface area contributed by atoms with E-state index < -0.39 is 0 Å². The van der Waals surface area contributed by atoms with Crippen molar-refractivity contribution in [3.05, 3.63) is 30.4 Å². The number of hydrogen-bond acceptors (Lipinski definition) is 3. The second-order valence-corrected chi connectivity index (χ2v) is 2.57. The minimum atomic E-state index is 0.623. The predicted octanol–water partition coefficient (Wildman–Crippen LogP) is 0.230. The maximum absolute atomic E-state index is 5.45. The van der Waals surface area contributed by atoms with Gasteiger partial charge in [-0.05, 0) is 12.6 Å². The Kier molecular flexibility index (Phi) is 1.75. The predicted molar refractivity (Wildman–Crippen MR) is 45.7 cm³/mol. The zero-order chi connectivity index (χ0) is 8.39. The van der Waals surface area contributed by atoms with Gasteiger partial charge in [-0.1, -0.05) is 0 Å². The van der Waals surface area contributed by atoms with Crippen molar-refractivity contribution in [3.63, 3.8) is 0 Å². The van der Waals surface area contributed by atoms with Crippen molar-refractivity contribution < 1.29 is 0 Å². The van der Waals surface area contributed by atoms with Crippen LogP contribution in [0.2, 0.25) is 0 Å². The van der Waals surface area contributed by atoms with Crippen LogP contribution in [0.4, 0.5) is 0 Å². The normalized spacial score (nSPS) is 10.8. The number of nitrogens with two attached hydrogens (primary N) is 1. The number of hydrogen-bond donors (Lipinski definition) is 1. The van der Waals surface area contributed by atoms with Gasteiger partial charge in [0.05, 0.1) is 17.4 Å². The Balaban J connectivity index is 2.57. The van der Waals surface area contributed by atoms with Gasteiger partial charge in [-0.25, -0.2) is 4.52 Å². The number of aromatic nitrogens is 3. The monoisotopic (exact) mass is 162 g/mol. The lowest BCUT2D eigenvalue weighted by molar-refractivity contribution is 0.882. The molecule has 62 valence electrons. The lowest BCUT2D eigenvalue weighted by Crippen LogP contribution is -2.05. The van der Waals surface area contributed by atoms with E-state index in [2.05, 4.69) is 10.1 Å². The van der Waals surface area contributed by atoms with Gasteiger partial charge in [0.15, 0.2) is 0 Å². The summed E-state index contributed by atoms with van der Waals surface area (Å²) in [5.41, 5.74) is 7.51. The average molecular weight is 162 g/mol. The van der Waals surface area contributed by atoms with Crippen LogP contribution < -0.4 is 5.73 Å². The van der Waals surface area contributed by atoms with E-state index in [0.717, 1.165) is 17.6 Å². The van der Waals surface area contributed by atoms with Crippen LogP contribution in [0.15, 0.2) is 24.7 Å². The van der Waals surface area contributed by atoms with Crippen LogP contribution in [0, 0.1) is 0 Å². The molecule has 12 heavy (non-hydrogen) atoms. The quantitative estimate of drug-likeness (QED) is 0.687. The lowest BCUT2D eigenvalue weighted by Gasteiger charge is -1.99. The molecule has 4 nitrogen and oxygen atoms in total. The molecule has 0 bridgehead atoms. The molecule has 0 aromatic carbocycles. The van der Waals surface area contributed by atoms with Gasteiger partial charge in [0.1, 0.15) is 0 Å². The summed E-state index contributed by atoms with van der Waals surface area (Å²) in [7, 11) is 0. The van der Waals surface area contributed by atoms with Crippen molar-refractivity contribution in [2.24, 2.45) is 5.73 Å². The van der Waals surface area contributed by atoms with Crippen molar-refractivity contribution in [2.75, 3.05) is 6.54 Å².